The molecule has 0 bridgehead atoms. The van der Waals surface area contributed by atoms with Gasteiger partial charge in [0.25, 0.3) is 0 Å². The molecule has 2 atom stereocenters. The van der Waals surface area contributed by atoms with Crippen molar-refractivity contribution in [2.45, 2.75) is 6.92 Å². The molecule has 0 aliphatic carbocycles. The van der Waals surface area contributed by atoms with Crippen LogP contribution < -0.4 is 0 Å². The normalized spacial score (nSPS) is 20.8. The molecule has 5 nitrogen and oxygen atoms in total. The molecule has 56 valence electrons. The van der Waals surface area contributed by atoms with Crippen LogP contribution in [0.3, 0.4) is 0 Å². The largest absolute Gasteiger partial charge is 0.334 e. The monoisotopic (exact) mass is 174 g/mol. The fraction of sp³-hybridized carbons (Fsp3) is 1.00. The Morgan fingerprint density at radius 3 is 2.33 bits per heavy atom. The summed E-state index contributed by atoms with van der Waals surface area (Å²) in [6.45, 7) is 1.39. The SMILES string of the molecule is CCP(=O)(O)O[PH](=O)O. The molecule has 0 radical (unpaired) electrons. The number of hydrogen-bond donors (Lipinski definition) is 2. The molecule has 0 rings (SSSR count). The van der Waals surface area contributed by atoms with Gasteiger partial charge < -0.3 is 9.79 Å². The van der Waals surface area contributed by atoms with Crippen LogP contribution >= 0.6 is 15.9 Å². The minimum atomic E-state index is -3.75. The third kappa shape index (κ3) is 4.82. The molecule has 9 heavy (non-hydrogen) atoms. The van der Waals surface area contributed by atoms with Crippen LogP contribution in [0.1, 0.15) is 6.92 Å². The Morgan fingerprint density at radius 2 is 2.22 bits per heavy atom. The summed E-state index contributed by atoms with van der Waals surface area (Å²) in [5, 5.41) is 0. The topological polar surface area (TPSA) is 83.8 Å². The molecule has 0 saturated carbocycles. The van der Waals surface area contributed by atoms with Gasteiger partial charge in [0.2, 0.25) is 0 Å². The predicted molar refractivity (Wildman–Crippen MR) is 32.7 cm³/mol. The van der Waals surface area contributed by atoms with E-state index in [2.05, 4.69) is 4.31 Å². The lowest BCUT2D eigenvalue weighted by Gasteiger charge is -2.04. The van der Waals surface area contributed by atoms with E-state index >= 15 is 0 Å². The summed E-state index contributed by atoms with van der Waals surface area (Å²) in [5.74, 6) is 0. The van der Waals surface area contributed by atoms with Gasteiger partial charge in [0, 0.05) is 6.16 Å². The van der Waals surface area contributed by atoms with Crippen LogP contribution in [0, 0.1) is 0 Å². The van der Waals surface area contributed by atoms with E-state index in [0.29, 0.717) is 0 Å². The molecule has 2 unspecified atom stereocenters. The molecule has 0 aromatic heterocycles. The molecular formula is C2H8O5P2. The molecule has 0 aliphatic heterocycles. The van der Waals surface area contributed by atoms with Gasteiger partial charge in [0.15, 0.2) is 0 Å². The van der Waals surface area contributed by atoms with Gasteiger partial charge in [-0.1, -0.05) is 6.92 Å². The fourth-order valence-electron chi connectivity index (χ4n) is 0.187. The molecule has 0 amide bonds. The van der Waals surface area contributed by atoms with Crippen LogP contribution in [0.25, 0.3) is 0 Å². The Morgan fingerprint density at radius 1 is 1.78 bits per heavy atom. The van der Waals surface area contributed by atoms with Gasteiger partial charge in [-0.2, -0.15) is 0 Å². The second kappa shape index (κ2) is 3.49. The van der Waals surface area contributed by atoms with Crippen molar-refractivity contribution in [3.8, 4) is 0 Å². The molecule has 0 aromatic rings. The zero-order valence-electron chi connectivity index (χ0n) is 4.77. The minimum Gasteiger partial charge on any atom is -0.326 e. The van der Waals surface area contributed by atoms with Crippen LogP contribution in [-0.2, 0) is 13.4 Å². The molecule has 0 heterocycles. The van der Waals surface area contributed by atoms with E-state index < -0.39 is 15.9 Å². The Kier molecular flexibility index (Phi) is 3.63. The van der Waals surface area contributed by atoms with Gasteiger partial charge in [-0.25, -0.2) is 4.31 Å². The van der Waals surface area contributed by atoms with Crippen molar-refractivity contribution in [1.29, 1.82) is 0 Å². The van der Waals surface area contributed by atoms with Crippen molar-refractivity contribution in [1.82, 2.24) is 0 Å². The number of rotatable bonds is 3. The maximum Gasteiger partial charge on any atom is 0.334 e. The highest BCUT2D eigenvalue weighted by Crippen LogP contribution is 2.48. The average molecular weight is 174 g/mol. The molecular weight excluding hydrogens is 166 g/mol. The van der Waals surface area contributed by atoms with Gasteiger partial charge in [0.1, 0.15) is 0 Å². The van der Waals surface area contributed by atoms with Gasteiger partial charge in [-0.15, -0.1) is 0 Å². The highest BCUT2D eigenvalue weighted by Gasteiger charge is 2.17. The molecule has 2 N–H and O–H groups in total. The quantitative estimate of drug-likeness (QED) is 0.611. The van der Waals surface area contributed by atoms with E-state index in [9.17, 15) is 9.13 Å². The zero-order valence-corrected chi connectivity index (χ0v) is 6.67. The first kappa shape index (κ1) is 9.34. The standard InChI is InChI=1S/C2H8O5P2/c1-2-9(5,6)7-8(3)4/h8H,2H2,1H3,(H,3,4)(H,5,6). The van der Waals surface area contributed by atoms with Crippen LogP contribution in [-0.4, -0.2) is 15.9 Å². The Balaban J connectivity index is 3.88. The first-order chi connectivity index (χ1) is 3.98. The van der Waals surface area contributed by atoms with Crippen molar-refractivity contribution in [2.24, 2.45) is 0 Å². The van der Waals surface area contributed by atoms with Crippen LogP contribution in [0.5, 0.6) is 0 Å². The summed E-state index contributed by atoms with van der Waals surface area (Å²) < 4.78 is 24.0. The average Bonchev–Trinajstić information content (AvgIpc) is 1.63. The summed E-state index contributed by atoms with van der Waals surface area (Å²) in [4.78, 5) is 16.5. The second-order valence-electron chi connectivity index (χ2n) is 1.31. The first-order valence-corrected chi connectivity index (χ1v) is 5.25. The van der Waals surface area contributed by atoms with Gasteiger partial charge >= 0.3 is 15.9 Å². The summed E-state index contributed by atoms with van der Waals surface area (Å²) in [5.41, 5.74) is 0. The van der Waals surface area contributed by atoms with E-state index in [4.69, 9.17) is 9.79 Å². The predicted octanol–water partition coefficient (Wildman–Crippen LogP) is 0.590. The molecule has 0 aromatic carbocycles. The molecule has 0 spiro atoms. The van der Waals surface area contributed by atoms with Crippen LogP contribution in [0.2, 0.25) is 0 Å². The fourth-order valence-corrected chi connectivity index (χ4v) is 1.68. The van der Waals surface area contributed by atoms with E-state index in [1.807, 2.05) is 0 Å². The van der Waals surface area contributed by atoms with E-state index in [1.54, 1.807) is 0 Å². The van der Waals surface area contributed by atoms with Crippen molar-refractivity contribution >= 4 is 15.9 Å². The van der Waals surface area contributed by atoms with E-state index in [1.165, 1.54) is 6.92 Å². The Hall–Kier alpha value is 0.340. The molecule has 0 fully saturated rings. The molecule has 0 aliphatic rings. The lowest BCUT2D eigenvalue weighted by atomic mass is 11.0. The zero-order chi connectivity index (χ0) is 7.49. The lowest BCUT2D eigenvalue weighted by molar-refractivity contribution is 0.351. The van der Waals surface area contributed by atoms with Crippen molar-refractivity contribution < 1.29 is 23.2 Å². The maximum atomic E-state index is 10.4. The van der Waals surface area contributed by atoms with Gasteiger partial charge in [-0.3, -0.25) is 9.13 Å². The van der Waals surface area contributed by atoms with Gasteiger partial charge in [-0.05, 0) is 0 Å². The minimum absolute atomic E-state index is 0.149. The summed E-state index contributed by atoms with van der Waals surface area (Å²) in [7, 11) is -7.01. The van der Waals surface area contributed by atoms with Crippen LogP contribution in [0.15, 0.2) is 0 Å². The van der Waals surface area contributed by atoms with Crippen LogP contribution in [0.4, 0.5) is 0 Å². The van der Waals surface area contributed by atoms with Crippen molar-refractivity contribution in [2.75, 3.05) is 6.16 Å². The maximum absolute atomic E-state index is 10.4. The van der Waals surface area contributed by atoms with Crippen molar-refractivity contribution in [3.63, 3.8) is 0 Å². The van der Waals surface area contributed by atoms with Crippen molar-refractivity contribution in [3.05, 3.63) is 0 Å². The Labute approximate surface area is 53.1 Å². The molecule has 7 heteroatoms. The Bertz CT molecular complexity index is 153. The smallest absolute Gasteiger partial charge is 0.326 e. The summed E-state index contributed by atoms with van der Waals surface area (Å²) in [6.07, 6.45) is -0.149. The highest BCUT2D eigenvalue weighted by molar-refractivity contribution is 7.59. The lowest BCUT2D eigenvalue weighted by Crippen LogP contribution is -1.82. The second-order valence-corrected chi connectivity index (χ2v) is 4.48. The summed E-state index contributed by atoms with van der Waals surface area (Å²) >= 11 is 0. The van der Waals surface area contributed by atoms with E-state index in [-0.39, 0.29) is 6.16 Å². The molecule has 0 saturated heterocycles. The third-order valence-corrected chi connectivity index (χ3v) is 3.19. The van der Waals surface area contributed by atoms with Gasteiger partial charge in [0.05, 0.1) is 0 Å². The highest BCUT2D eigenvalue weighted by atomic mass is 31.2. The van der Waals surface area contributed by atoms with E-state index in [0.717, 1.165) is 0 Å². The first-order valence-electron chi connectivity index (χ1n) is 2.22. The number of hydrogen-bond acceptors (Lipinski definition) is 3. The summed E-state index contributed by atoms with van der Waals surface area (Å²) in [6, 6.07) is 0. The third-order valence-electron chi connectivity index (χ3n) is 0.620.